The summed E-state index contributed by atoms with van der Waals surface area (Å²) in [5.74, 6) is 0.859. The van der Waals surface area contributed by atoms with Crippen molar-refractivity contribution >= 4 is 10.0 Å². The van der Waals surface area contributed by atoms with Crippen molar-refractivity contribution in [2.45, 2.75) is 30.8 Å². The molecular weight excluding hydrogens is 294 g/mol. The lowest BCUT2D eigenvalue weighted by Gasteiger charge is -2.20. The van der Waals surface area contributed by atoms with Crippen molar-refractivity contribution in [2.75, 3.05) is 40.5 Å². The van der Waals surface area contributed by atoms with Crippen LogP contribution in [0.1, 0.15) is 18.7 Å². The van der Waals surface area contributed by atoms with Crippen LogP contribution in [0.4, 0.5) is 0 Å². The maximum absolute atomic E-state index is 12.7. The number of rotatable bonds is 8. The summed E-state index contributed by atoms with van der Waals surface area (Å²) >= 11 is 0. The molecule has 2 heterocycles. The van der Waals surface area contributed by atoms with Gasteiger partial charge in [0.05, 0.1) is 13.2 Å². The molecular formula is C13H23N3O4S. The first-order valence-electron chi connectivity index (χ1n) is 7.13. The quantitative estimate of drug-likeness (QED) is 0.698. The summed E-state index contributed by atoms with van der Waals surface area (Å²) < 4.78 is 38.7. The largest absolute Gasteiger partial charge is 0.383 e. The van der Waals surface area contributed by atoms with Crippen LogP contribution in [0.15, 0.2) is 11.2 Å². The second-order valence-corrected chi connectivity index (χ2v) is 6.92. The number of fused-ring (bicyclic) bond motifs is 1. The van der Waals surface area contributed by atoms with Crippen molar-refractivity contribution in [1.82, 2.24) is 13.9 Å². The summed E-state index contributed by atoms with van der Waals surface area (Å²) in [6, 6.07) is 0. The molecule has 0 unspecified atom stereocenters. The van der Waals surface area contributed by atoms with E-state index in [0.717, 1.165) is 31.6 Å². The highest BCUT2D eigenvalue weighted by atomic mass is 32.2. The fourth-order valence-electron chi connectivity index (χ4n) is 2.38. The van der Waals surface area contributed by atoms with Crippen molar-refractivity contribution in [1.29, 1.82) is 0 Å². The molecule has 120 valence electrons. The molecule has 0 N–H and O–H groups in total. The Balaban J connectivity index is 2.21. The maximum Gasteiger partial charge on any atom is 0.262 e. The van der Waals surface area contributed by atoms with Crippen LogP contribution in [0.25, 0.3) is 0 Å². The van der Waals surface area contributed by atoms with Gasteiger partial charge >= 0.3 is 0 Å². The summed E-state index contributed by atoms with van der Waals surface area (Å²) in [5.41, 5.74) is 0. The summed E-state index contributed by atoms with van der Waals surface area (Å²) in [6.07, 6.45) is 4.62. The van der Waals surface area contributed by atoms with Crippen molar-refractivity contribution < 1.29 is 17.9 Å². The second kappa shape index (κ2) is 7.35. The minimum Gasteiger partial charge on any atom is -0.383 e. The number of nitrogens with zero attached hydrogens (tertiary/aromatic N) is 3. The molecule has 0 fully saturated rings. The topological polar surface area (TPSA) is 73.7 Å². The van der Waals surface area contributed by atoms with Crippen LogP contribution in [-0.4, -0.2) is 62.8 Å². The Morgan fingerprint density at radius 1 is 1.24 bits per heavy atom. The SMILES string of the molecule is COCCN(CCOC)S(=O)(=O)c1cn2c(n1)CCCC2. The van der Waals surface area contributed by atoms with E-state index >= 15 is 0 Å². The molecule has 0 bridgehead atoms. The number of ether oxygens (including phenoxy) is 2. The minimum absolute atomic E-state index is 0.131. The highest BCUT2D eigenvalue weighted by molar-refractivity contribution is 7.89. The van der Waals surface area contributed by atoms with Crippen molar-refractivity contribution in [3.8, 4) is 0 Å². The Morgan fingerprint density at radius 3 is 2.48 bits per heavy atom. The molecule has 2 rings (SSSR count). The van der Waals surface area contributed by atoms with E-state index in [1.165, 1.54) is 4.31 Å². The van der Waals surface area contributed by atoms with Crippen LogP contribution in [0.2, 0.25) is 0 Å². The third-order valence-electron chi connectivity index (χ3n) is 3.58. The molecule has 0 saturated heterocycles. The Kier molecular flexibility index (Phi) is 5.74. The molecule has 0 aliphatic carbocycles. The zero-order valence-electron chi connectivity index (χ0n) is 12.6. The predicted molar refractivity (Wildman–Crippen MR) is 77.7 cm³/mol. The molecule has 7 nitrogen and oxygen atoms in total. The molecule has 0 atom stereocenters. The third-order valence-corrected chi connectivity index (χ3v) is 5.35. The molecule has 8 heteroatoms. The Morgan fingerprint density at radius 2 is 1.90 bits per heavy atom. The summed E-state index contributed by atoms with van der Waals surface area (Å²) in [6.45, 7) is 2.12. The fourth-order valence-corrected chi connectivity index (χ4v) is 3.76. The number of methoxy groups -OCH3 is 2. The van der Waals surface area contributed by atoms with E-state index in [-0.39, 0.29) is 5.03 Å². The van der Waals surface area contributed by atoms with Crippen molar-refractivity contribution in [3.05, 3.63) is 12.0 Å². The molecule has 0 aromatic carbocycles. The molecule has 1 aromatic rings. The Hall–Kier alpha value is -0.960. The van der Waals surface area contributed by atoms with E-state index in [1.807, 2.05) is 4.57 Å². The lowest BCUT2D eigenvalue weighted by molar-refractivity contribution is 0.150. The van der Waals surface area contributed by atoms with Crippen LogP contribution in [0.3, 0.4) is 0 Å². The van der Waals surface area contributed by atoms with Crippen molar-refractivity contribution in [3.63, 3.8) is 0 Å². The highest BCUT2D eigenvalue weighted by Gasteiger charge is 2.28. The van der Waals surface area contributed by atoms with Gasteiger partial charge in [0.25, 0.3) is 10.0 Å². The van der Waals surface area contributed by atoms with Gasteiger partial charge in [0.15, 0.2) is 5.03 Å². The van der Waals surface area contributed by atoms with Gasteiger partial charge in [-0.1, -0.05) is 0 Å². The molecule has 1 aromatic heterocycles. The predicted octanol–water partition coefficient (Wildman–Crippen LogP) is 0.503. The number of aromatic nitrogens is 2. The van der Waals surface area contributed by atoms with Crippen LogP contribution >= 0.6 is 0 Å². The fraction of sp³-hybridized carbons (Fsp3) is 0.769. The number of aryl methyl sites for hydroxylation is 2. The van der Waals surface area contributed by atoms with Gasteiger partial charge in [-0.25, -0.2) is 13.4 Å². The standard InChI is InChI=1S/C13H23N3O4S/c1-19-9-7-16(8-10-20-2)21(17,18)13-11-15-6-4-3-5-12(15)14-13/h11H,3-10H2,1-2H3. The molecule has 0 saturated carbocycles. The van der Waals surface area contributed by atoms with E-state index < -0.39 is 10.0 Å². The average molecular weight is 317 g/mol. The minimum atomic E-state index is -3.60. The lowest BCUT2D eigenvalue weighted by Crippen LogP contribution is -2.36. The number of sulfonamides is 1. The lowest BCUT2D eigenvalue weighted by atomic mass is 10.2. The molecule has 0 amide bonds. The molecule has 0 radical (unpaired) electrons. The molecule has 0 spiro atoms. The van der Waals surface area contributed by atoms with Crippen LogP contribution < -0.4 is 0 Å². The molecule has 21 heavy (non-hydrogen) atoms. The third kappa shape index (κ3) is 3.82. The first-order chi connectivity index (χ1) is 10.1. The normalized spacial score (nSPS) is 15.4. The maximum atomic E-state index is 12.7. The summed E-state index contributed by atoms with van der Waals surface area (Å²) in [4.78, 5) is 4.31. The van der Waals surface area contributed by atoms with E-state index in [1.54, 1.807) is 20.4 Å². The van der Waals surface area contributed by atoms with Gasteiger partial charge in [-0.2, -0.15) is 4.31 Å². The van der Waals surface area contributed by atoms with Crippen molar-refractivity contribution in [2.24, 2.45) is 0 Å². The van der Waals surface area contributed by atoms with Crippen LogP contribution in [0.5, 0.6) is 0 Å². The molecule has 1 aliphatic rings. The first-order valence-corrected chi connectivity index (χ1v) is 8.57. The second-order valence-electron chi connectivity index (χ2n) is 5.04. The van der Waals surface area contributed by atoms with Gasteiger partial charge < -0.3 is 14.0 Å². The van der Waals surface area contributed by atoms with Gasteiger partial charge in [0.1, 0.15) is 5.82 Å². The highest BCUT2D eigenvalue weighted by Crippen LogP contribution is 2.20. The van der Waals surface area contributed by atoms with E-state index in [0.29, 0.717) is 26.3 Å². The summed E-state index contributed by atoms with van der Waals surface area (Å²) in [7, 11) is -0.494. The Bertz CT molecular complexity index is 524. The van der Waals surface area contributed by atoms with E-state index in [9.17, 15) is 8.42 Å². The zero-order valence-corrected chi connectivity index (χ0v) is 13.4. The van der Waals surface area contributed by atoms with Gasteiger partial charge in [0.2, 0.25) is 0 Å². The number of hydrogen-bond donors (Lipinski definition) is 0. The number of imidazole rings is 1. The van der Waals surface area contributed by atoms with E-state index in [2.05, 4.69) is 4.98 Å². The van der Waals surface area contributed by atoms with Crippen LogP contribution in [0, 0.1) is 0 Å². The first kappa shape index (κ1) is 16.4. The summed E-state index contributed by atoms with van der Waals surface area (Å²) in [5, 5.41) is 0.131. The van der Waals surface area contributed by atoms with Gasteiger partial charge in [-0.15, -0.1) is 0 Å². The van der Waals surface area contributed by atoms with Gasteiger partial charge in [0, 0.05) is 46.5 Å². The molecule has 1 aliphatic heterocycles. The zero-order chi connectivity index (χ0) is 15.3. The number of hydrogen-bond acceptors (Lipinski definition) is 5. The monoisotopic (exact) mass is 317 g/mol. The van der Waals surface area contributed by atoms with Gasteiger partial charge in [-0.3, -0.25) is 0 Å². The smallest absolute Gasteiger partial charge is 0.262 e. The Labute approximate surface area is 125 Å². The van der Waals surface area contributed by atoms with E-state index in [4.69, 9.17) is 9.47 Å². The average Bonchev–Trinajstić information content (AvgIpc) is 2.92. The van der Waals surface area contributed by atoms with Gasteiger partial charge in [-0.05, 0) is 12.8 Å². The van der Waals surface area contributed by atoms with Crippen LogP contribution in [-0.2, 0) is 32.5 Å².